The smallest absolute Gasteiger partial charge is 0.0662 e. The van der Waals surface area contributed by atoms with Crippen LogP contribution in [0.25, 0.3) is 0 Å². The number of hydrogen-bond acceptors (Lipinski definition) is 2. The van der Waals surface area contributed by atoms with Crippen molar-refractivity contribution in [2.45, 2.75) is 12.7 Å². The molecular formula is C11H12ClNOS. The zero-order valence-corrected chi connectivity index (χ0v) is 10.0. The van der Waals surface area contributed by atoms with E-state index in [9.17, 15) is 4.21 Å². The molecular weight excluding hydrogens is 230 g/mol. The fourth-order valence-electron chi connectivity index (χ4n) is 1.14. The zero-order valence-electron chi connectivity index (χ0n) is 8.44. The summed E-state index contributed by atoms with van der Waals surface area (Å²) in [6, 6.07) is 9.35. The van der Waals surface area contributed by atoms with E-state index < -0.39 is 10.8 Å². The Morgan fingerprint density at radius 3 is 2.60 bits per heavy atom. The number of nitrogens with zero attached hydrogens (tertiary/aromatic N) is 1. The highest BCUT2D eigenvalue weighted by Gasteiger charge is 2.07. The van der Waals surface area contributed by atoms with Crippen LogP contribution in [0.15, 0.2) is 24.3 Å². The Labute approximate surface area is 97.3 Å². The Morgan fingerprint density at radius 2 is 2.07 bits per heavy atom. The van der Waals surface area contributed by atoms with Crippen molar-refractivity contribution in [3.8, 4) is 6.07 Å². The summed E-state index contributed by atoms with van der Waals surface area (Å²) in [4.78, 5) is 0. The Morgan fingerprint density at radius 1 is 1.47 bits per heavy atom. The second kappa shape index (κ2) is 5.89. The molecule has 0 fully saturated rings. The first-order chi connectivity index (χ1) is 7.11. The number of nitriles is 1. The van der Waals surface area contributed by atoms with E-state index >= 15 is 0 Å². The molecule has 1 aromatic rings. The summed E-state index contributed by atoms with van der Waals surface area (Å²) >= 11 is 5.74. The molecule has 0 aliphatic rings. The van der Waals surface area contributed by atoms with Gasteiger partial charge in [0.05, 0.1) is 12.0 Å². The van der Waals surface area contributed by atoms with Gasteiger partial charge in [0.25, 0.3) is 0 Å². The molecule has 2 unspecified atom stereocenters. The maximum Gasteiger partial charge on any atom is 0.0662 e. The van der Waals surface area contributed by atoms with E-state index in [1.165, 1.54) is 0 Å². The fraction of sp³-hybridized carbons (Fsp3) is 0.364. The average molecular weight is 242 g/mol. The zero-order chi connectivity index (χ0) is 11.3. The van der Waals surface area contributed by atoms with Crippen LogP contribution in [0.1, 0.15) is 12.5 Å². The first-order valence-electron chi connectivity index (χ1n) is 4.61. The summed E-state index contributed by atoms with van der Waals surface area (Å²) in [5, 5.41) is 9.26. The highest BCUT2D eigenvalue weighted by atomic mass is 35.5. The van der Waals surface area contributed by atoms with Crippen LogP contribution in [0.5, 0.6) is 0 Å². The van der Waals surface area contributed by atoms with Crippen LogP contribution >= 0.6 is 11.6 Å². The summed E-state index contributed by atoms with van der Waals surface area (Å²) in [6.45, 7) is 1.78. The lowest BCUT2D eigenvalue weighted by molar-refractivity contribution is 0.675. The molecule has 2 atom stereocenters. The molecule has 2 nitrogen and oxygen atoms in total. The molecule has 0 aliphatic heterocycles. The van der Waals surface area contributed by atoms with Gasteiger partial charge in [-0.2, -0.15) is 5.26 Å². The number of benzene rings is 1. The molecule has 0 amide bonds. The van der Waals surface area contributed by atoms with E-state index in [-0.39, 0.29) is 5.92 Å². The SMILES string of the molecule is CC(C#N)CS(=O)Cc1ccc(Cl)cc1. The van der Waals surface area contributed by atoms with Gasteiger partial charge >= 0.3 is 0 Å². The van der Waals surface area contributed by atoms with Gasteiger partial charge in [-0.3, -0.25) is 4.21 Å². The first kappa shape index (κ1) is 12.2. The predicted molar refractivity (Wildman–Crippen MR) is 62.9 cm³/mol. The summed E-state index contributed by atoms with van der Waals surface area (Å²) in [5.41, 5.74) is 0.989. The molecule has 1 rings (SSSR count). The van der Waals surface area contributed by atoms with Gasteiger partial charge in [0.2, 0.25) is 0 Å². The summed E-state index contributed by atoms with van der Waals surface area (Å²) in [7, 11) is -0.973. The second-order valence-corrected chi connectivity index (χ2v) is 5.35. The quantitative estimate of drug-likeness (QED) is 0.813. The molecule has 0 N–H and O–H groups in total. The van der Waals surface area contributed by atoms with Crippen LogP contribution in [0, 0.1) is 17.2 Å². The Bertz CT molecular complexity index is 383. The van der Waals surface area contributed by atoms with E-state index in [0.29, 0.717) is 16.5 Å². The standard InChI is InChI=1S/C11H12ClNOS/c1-9(6-13)7-15(14)8-10-2-4-11(12)5-3-10/h2-5,9H,7-8H2,1H3. The normalized spacial score (nSPS) is 14.2. The first-order valence-corrected chi connectivity index (χ1v) is 6.47. The van der Waals surface area contributed by atoms with Gasteiger partial charge in [0.1, 0.15) is 0 Å². The molecule has 0 heterocycles. The van der Waals surface area contributed by atoms with Crippen LogP contribution in [0.2, 0.25) is 5.02 Å². The third-order valence-corrected chi connectivity index (χ3v) is 3.68. The molecule has 1 aromatic carbocycles. The molecule has 0 aromatic heterocycles. The molecule has 15 heavy (non-hydrogen) atoms. The lowest BCUT2D eigenvalue weighted by Gasteiger charge is -2.03. The van der Waals surface area contributed by atoms with E-state index in [0.717, 1.165) is 5.56 Å². The van der Waals surface area contributed by atoms with Crippen molar-refractivity contribution in [2.75, 3.05) is 5.75 Å². The molecule has 4 heteroatoms. The second-order valence-electron chi connectivity index (χ2n) is 3.41. The summed E-state index contributed by atoms with van der Waals surface area (Å²) in [5.74, 6) is 0.764. The summed E-state index contributed by atoms with van der Waals surface area (Å²) < 4.78 is 11.6. The molecule has 0 aliphatic carbocycles. The lowest BCUT2D eigenvalue weighted by Crippen LogP contribution is -2.07. The van der Waals surface area contributed by atoms with Gasteiger partial charge in [-0.05, 0) is 24.6 Å². The molecule has 0 saturated carbocycles. The molecule has 0 saturated heterocycles. The van der Waals surface area contributed by atoms with Gasteiger partial charge in [-0.25, -0.2) is 0 Å². The fourth-order valence-corrected chi connectivity index (χ4v) is 2.58. The summed E-state index contributed by atoms with van der Waals surface area (Å²) in [6.07, 6.45) is 0. The highest BCUT2D eigenvalue weighted by molar-refractivity contribution is 7.84. The minimum Gasteiger partial charge on any atom is -0.259 e. The average Bonchev–Trinajstić information content (AvgIpc) is 2.21. The van der Waals surface area contributed by atoms with Gasteiger partial charge in [-0.15, -0.1) is 0 Å². The van der Waals surface area contributed by atoms with E-state index in [4.69, 9.17) is 16.9 Å². The van der Waals surface area contributed by atoms with E-state index in [1.807, 2.05) is 12.1 Å². The van der Waals surface area contributed by atoms with Crippen molar-refractivity contribution in [2.24, 2.45) is 5.92 Å². The number of rotatable bonds is 4. The minimum absolute atomic E-state index is 0.155. The van der Waals surface area contributed by atoms with Crippen molar-refractivity contribution in [3.63, 3.8) is 0 Å². The van der Waals surface area contributed by atoms with E-state index in [2.05, 4.69) is 6.07 Å². The molecule has 0 spiro atoms. The molecule has 0 radical (unpaired) electrons. The maximum atomic E-state index is 11.6. The third-order valence-electron chi connectivity index (χ3n) is 1.90. The number of halogens is 1. The van der Waals surface area contributed by atoms with Crippen LogP contribution < -0.4 is 0 Å². The van der Waals surface area contributed by atoms with Gasteiger partial charge in [-0.1, -0.05) is 23.7 Å². The Kier molecular flexibility index (Phi) is 4.80. The van der Waals surface area contributed by atoms with Crippen molar-refractivity contribution < 1.29 is 4.21 Å². The predicted octanol–water partition coefficient (Wildman–Crippen LogP) is 2.75. The van der Waals surface area contributed by atoms with Crippen molar-refractivity contribution in [1.82, 2.24) is 0 Å². The topological polar surface area (TPSA) is 40.9 Å². The Balaban J connectivity index is 2.52. The van der Waals surface area contributed by atoms with Gasteiger partial charge in [0, 0.05) is 27.3 Å². The van der Waals surface area contributed by atoms with E-state index in [1.54, 1.807) is 19.1 Å². The minimum atomic E-state index is -0.973. The van der Waals surface area contributed by atoms with Crippen LogP contribution in [-0.2, 0) is 16.6 Å². The van der Waals surface area contributed by atoms with Crippen molar-refractivity contribution >= 4 is 22.4 Å². The lowest BCUT2D eigenvalue weighted by atomic mass is 10.2. The molecule has 80 valence electrons. The van der Waals surface area contributed by atoms with Gasteiger partial charge < -0.3 is 0 Å². The van der Waals surface area contributed by atoms with Crippen molar-refractivity contribution in [1.29, 1.82) is 5.26 Å². The highest BCUT2D eigenvalue weighted by Crippen LogP contribution is 2.11. The maximum absolute atomic E-state index is 11.6. The van der Waals surface area contributed by atoms with Crippen molar-refractivity contribution in [3.05, 3.63) is 34.9 Å². The third kappa shape index (κ3) is 4.46. The molecule has 0 bridgehead atoms. The number of hydrogen-bond donors (Lipinski definition) is 0. The van der Waals surface area contributed by atoms with Crippen LogP contribution in [0.3, 0.4) is 0 Å². The van der Waals surface area contributed by atoms with Gasteiger partial charge in [0.15, 0.2) is 0 Å². The Hall–Kier alpha value is -0.850. The largest absolute Gasteiger partial charge is 0.259 e. The van der Waals surface area contributed by atoms with Crippen LogP contribution in [-0.4, -0.2) is 9.96 Å². The van der Waals surface area contributed by atoms with Crippen LogP contribution in [0.4, 0.5) is 0 Å². The monoisotopic (exact) mass is 241 g/mol.